The Morgan fingerprint density at radius 2 is 1.56 bits per heavy atom. The Labute approximate surface area is 174 Å². The van der Waals surface area contributed by atoms with Crippen LogP contribution in [-0.4, -0.2) is 0 Å². The van der Waals surface area contributed by atoms with E-state index in [-0.39, 0.29) is 32.7 Å². The molecule has 0 unspecified atom stereocenters. The van der Waals surface area contributed by atoms with Gasteiger partial charge in [0.15, 0.2) is 0 Å². The summed E-state index contributed by atoms with van der Waals surface area (Å²) in [5.41, 5.74) is 5.82. The van der Waals surface area contributed by atoms with Gasteiger partial charge in [-0.1, -0.05) is 42.5 Å². The predicted octanol–water partition coefficient (Wildman–Crippen LogP) is 4.90. The number of fused-ring (bicyclic) bond motifs is 1. The van der Waals surface area contributed by atoms with Crippen LogP contribution in [0.2, 0.25) is 0 Å². The molecule has 0 atom stereocenters. The van der Waals surface area contributed by atoms with Gasteiger partial charge in [0.1, 0.15) is 7.05 Å². The summed E-state index contributed by atoms with van der Waals surface area (Å²) in [6.45, 7) is 2.17. The van der Waals surface area contributed by atoms with E-state index >= 15 is 0 Å². The van der Waals surface area contributed by atoms with E-state index in [0.717, 1.165) is 11.1 Å². The average molecular weight is 397 g/mol. The zero-order valence-electron chi connectivity index (χ0n) is 14.5. The van der Waals surface area contributed by atoms with Gasteiger partial charge in [0.25, 0.3) is 0 Å². The zero-order valence-corrected chi connectivity index (χ0v) is 17.3. The first-order valence-electron chi connectivity index (χ1n) is 8.11. The molecule has 0 saturated carbocycles. The molecule has 0 N–H and O–H groups in total. The number of hydrogen-bond acceptors (Lipinski definition) is 0. The van der Waals surface area contributed by atoms with Gasteiger partial charge >= 0.3 is 0 Å². The summed E-state index contributed by atoms with van der Waals surface area (Å²) in [5, 5.41) is 2.53. The van der Waals surface area contributed by atoms with Crippen molar-refractivity contribution in [3.05, 3.63) is 90.6 Å². The van der Waals surface area contributed by atoms with Gasteiger partial charge in [-0.25, -0.2) is 5.56 Å². The van der Waals surface area contributed by atoms with Crippen molar-refractivity contribution >= 4 is 10.8 Å². The van der Waals surface area contributed by atoms with Crippen molar-refractivity contribution in [1.82, 2.24) is 0 Å². The molecule has 0 fully saturated rings. The fourth-order valence-corrected chi connectivity index (χ4v) is 3.24. The van der Waals surface area contributed by atoms with Crippen molar-refractivity contribution in [3.8, 4) is 22.4 Å². The predicted molar refractivity (Wildman–Crippen MR) is 98.4 cm³/mol. The Kier molecular flexibility index (Phi) is 5.46. The third-order valence-electron chi connectivity index (χ3n) is 4.44. The zero-order chi connectivity index (χ0) is 16.5. The molecular formula is C23H18NY-. The smallest absolute Gasteiger partial charge is 0.120 e. The van der Waals surface area contributed by atoms with Gasteiger partial charge in [-0.2, -0.15) is 35.9 Å². The molecule has 2 heteroatoms. The molecule has 0 bridgehead atoms. The number of rotatable bonds is 2. The summed E-state index contributed by atoms with van der Waals surface area (Å²) in [6, 6.07) is 29.8. The molecule has 119 valence electrons. The van der Waals surface area contributed by atoms with Crippen LogP contribution in [0.1, 0.15) is 5.56 Å². The molecule has 3 aromatic carbocycles. The van der Waals surface area contributed by atoms with E-state index in [1.54, 1.807) is 0 Å². The van der Waals surface area contributed by atoms with Gasteiger partial charge in [-0.15, -0.1) is 6.07 Å². The number of pyridine rings is 1. The van der Waals surface area contributed by atoms with Crippen LogP contribution in [0.4, 0.5) is 0 Å². The molecular weight excluding hydrogens is 379 g/mol. The Balaban J connectivity index is 0.00000182. The molecule has 0 saturated heterocycles. The van der Waals surface area contributed by atoms with E-state index in [4.69, 9.17) is 0 Å². The standard InChI is InChI=1S/C23H18N.Y/c1-17-15-19-11-6-7-12-20(19)16-22(17)23-21(13-8-14-24(23)2)18-9-4-3-5-10-18;/h3-9,11-12,14-16H,1-2H3;/q-1;. The number of benzene rings is 3. The first-order valence-corrected chi connectivity index (χ1v) is 8.11. The van der Waals surface area contributed by atoms with Gasteiger partial charge in [-0.3, -0.25) is 4.57 Å². The van der Waals surface area contributed by atoms with Crippen molar-refractivity contribution in [2.24, 2.45) is 7.05 Å². The summed E-state index contributed by atoms with van der Waals surface area (Å²) in [4.78, 5) is 0. The first kappa shape index (κ1) is 18.0. The molecule has 25 heavy (non-hydrogen) atoms. The van der Waals surface area contributed by atoms with Crippen molar-refractivity contribution in [2.45, 2.75) is 6.92 Å². The summed E-state index contributed by atoms with van der Waals surface area (Å²) >= 11 is 0. The average Bonchev–Trinajstić information content (AvgIpc) is 2.62. The van der Waals surface area contributed by atoms with Gasteiger partial charge in [0, 0.05) is 32.7 Å². The maximum atomic E-state index is 3.42. The molecule has 1 nitrogen and oxygen atoms in total. The van der Waals surface area contributed by atoms with E-state index in [1.807, 2.05) is 24.3 Å². The molecule has 0 spiro atoms. The maximum Gasteiger partial charge on any atom is 0.120 e. The van der Waals surface area contributed by atoms with Crippen LogP contribution in [0.3, 0.4) is 0 Å². The number of aryl methyl sites for hydroxylation is 2. The molecule has 0 aliphatic carbocycles. The fourth-order valence-electron chi connectivity index (χ4n) is 3.24. The number of nitrogens with zero attached hydrogens (tertiary/aromatic N) is 1. The van der Waals surface area contributed by atoms with Gasteiger partial charge < -0.3 is 0 Å². The van der Waals surface area contributed by atoms with Crippen molar-refractivity contribution < 1.29 is 37.3 Å². The summed E-state index contributed by atoms with van der Waals surface area (Å²) in [6.07, 6.45) is 2.05. The Morgan fingerprint density at radius 3 is 2.28 bits per heavy atom. The largest absolute Gasteiger partial charge is 0.289 e. The molecule has 0 aliphatic rings. The minimum absolute atomic E-state index is 0. The van der Waals surface area contributed by atoms with Crippen LogP contribution >= 0.6 is 0 Å². The van der Waals surface area contributed by atoms with E-state index in [9.17, 15) is 0 Å². The van der Waals surface area contributed by atoms with E-state index in [1.165, 1.54) is 27.6 Å². The molecule has 1 heterocycles. The van der Waals surface area contributed by atoms with Crippen LogP contribution in [-0.2, 0) is 39.8 Å². The second-order valence-electron chi connectivity index (χ2n) is 6.09. The van der Waals surface area contributed by atoms with E-state index < -0.39 is 0 Å². The van der Waals surface area contributed by atoms with Gasteiger partial charge in [0.2, 0.25) is 0 Å². The first-order chi connectivity index (χ1) is 11.7. The second-order valence-corrected chi connectivity index (χ2v) is 6.09. The molecule has 1 radical (unpaired) electrons. The van der Waals surface area contributed by atoms with Crippen molar-refractivity contribution in [2.75, 3.05) is 0 Å². The molecule has 4 aromatic rings. The summed E-state index contributed by atoms with van der Waals surface area (Å²) in [7, 11) is 2.09. The van der Waals surface area contributed by atoms with Gasteiger partial charge in [-0.05, 0) is 28.8 Å². The Hall–Kier alpha value is -1.83. The van der Waals surface area contributed by atoms with Crippen LogP contribution in [0.5, 0.6) is 0 Å². The fraction of sp³-hybridized carbons (Fsp3) is 0.0870. The minimum atomic E-state index is 0. The van der Waals surface area contributed by atoms with Crippen LogP contribution < -0.4 is 4.57 Å². The quantitative estimate of drug-likeness (QED) is 0.335. The third-order valence-corrected chi connectivity index (χ3v) is 4.44. The second kappa shape index (κ2) is 7.60. The van der Waals surface area contributed by atoms with Crippen molar-refractivity contribution in [1.29, 1.82) is 0 Å². The number of hydrogen-bond donors (Lipinski definition) is 0. The van der Waals surface area contributed by atoms with Crippen LogP contribution in [0, 0.1) is 19.1 Å². The monoisotopic (exact) mass is 397 g/mol. The topological polar surface area (TPSA) is 3.88 Å². The van der Waals surface area contributed by atoms with Crippen LogP contribution in [0.15, 0.2) is 72.9 Å². The summed E-state index contributed by atoms with van der Waals surface area (Å²) < 4.78 is 2.17. The maximum absolute atomic E-state index is 3.42. The molecule has 0 aliphatic heterocycles. The molecule has 0 amide bonds. The normalized spacial score (nSPS) is 10.5. The molecule has 4 rings (SSSR count). The Morgan fingerprint density at radius 1 is 0.840 bits per heavy atom. The van der Waals surface area contributed by atoms with Crippen molar-refractivity contribution in [3.63, 3.8) is 0 Å². The molecule has 1 aromatic heterocycles. The van der Waals surface area contributed by atoms with Crippen LogP contribution in [0.25, 0.3) is 33.2 Å². The Bertz CT molecular complexity index is 1020. The van der Waals surface area contributed by atoms with E-state index in [0.29, 0.717) is 0 Å². The third kappa shape index (κ3) is 3.45. The SMILES string of the molecule is Cc1cc2ccccc2cc1-c1c(-c2[c-]cccc2)[c-]cc[n+]1C.[Y]. The minimum Gasteiger partial charge on any atom is -0.289 e. The van der Waals surface area contributed by atoms with Gasteiger partial charge in [0.05, 0.1) is 11.9 Å². The summed E-state index contributed by atoms with van der Waals surface area (Å²) in [5.74, 6) is 0. The van der Waals surface area contributed by atoms with E-state index in [2.05, 4.69) is 79.3 Å². The number of aromatic nitrogens is 1.